The number of imide groups is 1. The Kier molecular flexibility index (Phi) is 5.03. The summed E-state index contributed by atoms with van der Waals surface area (Å²) < 4.78 is 0. The highest BCUT2D eigenvalue weighted by Crippen LogP contribution is 2.54. The number of hydrogen-bond acceptors (Lipinski definition) is 3. The van der Waals surface area contributed by atoms with Gasteiger partial charge in [0.05, 0.1) is 24.3 Å². The van der Waals surface area contributed by atoms with Gasteiger partial charge in [0.15, 0.2) is 0 Å². The van der Waals surface area contributed by atoms with E-state index in [9.17, 15) is 14.4 Å². The van der Waals surface area contributed by atoms with Crippen LogP contribution in [-0.4, -0.2) is 22.6 Å². The summed E-state index contributed by atoms with van der Waals surface area (Å²) in [7, 11) is 0. The monoisotopic (exact) mass is 470 g/mol. The molecule has 3 amide bonds. The van der Waals surface area contributed by atoms with E-state index in [1.165, 1.54) is 4.90 Å². The fourth-order valence-corrected chi connectivity index (χ4v) is 6.29. The number of carbonyl (C=O) groups excluding carboxylic acids is 3. The van der Waals surface area contributed by atoms with Crippen molar-refractivity contribution in [1.82, 2.24) is 4.90 Å². The van der Waals surface area contributed by atoms with E-state index in [0.29, 0.717) is 16.3 Å². The first-order chi connectivity index (χ1) is 16.5. The molecule has 1 N–H and O–H groups in total. The number of likely N-dealkylation sites (tertiary alicyclic amines) is 1. The molecule has 2 aliphatic carbocycles. The van der Waals surface area contributed by atoms with E-state index in [1.54, 1.807) is 18.2 Å². The Morgan fingerprint density at radius 2 is 1.56 bits per heavy atom. The summed E-state index contributed by atoms with van der Waals surface area (Å²) in [5, 5.41) is 5.37. The Bertz CT molecular complexity index is 1330. The van der Waals surface area contributed by atoms with Gasteiger partial charge in [-0.25, -0.2) is 0 Å². The van der Waals surface area contributed by atoms with Crippen LogP contribution < -0.4 is 5.32 Å². The predicted octanol–water partition coefficient (Wildman–Crippen LogP) is 5.37. The predicted molar refractivity (Wildman–Crippen MR) is 131 cm³/mol. The molecule has 0 spiro atoms. The molecule has 0 aromatic heterocycles. The summed E-state index contributed by atoms with van der Waals surface area (Å²) >= 11 is 6.51. The molecular formula is C28H23ClN2O3. The Hall–Kier alpha value is -3.44. The van der Waals surface area contributed by atoms with Gasteiger partial charge in [-0.15, -0.1) is 0 Å². The standard InChI is InChI=1S/C28H23ClN2O3/c29-21-10-4-3-9-20(21)23(31-27(33)25-17-12-13-18(14-17)26(25)28(31)34)15-24(32)30-22-11-5-7-16-6-1-2-8-19(16)22/h1-13,17-18,23,25-26H,14-15H2,(H,30,32). The average Bonchev–Trinajstić information content (AvgIpc) is 3.52. The maximum atomic E-state index is 13.5. The number of nitrogens with one attached hydrogen (secondary N) is 1. The highest BCUT2D eigenvalue weighted by Gasteiger charge is 2.60. The molecule has 1 aliphatic heterocycles. The number of nitrogens with zero attached hydrogens (tertiary/aromatic N) is 1. The third-order valence-corrected chi connectivity index (χ3v) is 7.87. The molecule has 1 saturated heterocycles. The van der Waals surface area contributed by atoms with E-state index in [0.717, 1.165) is 17.2 Å². The van der Waals surface area contributed by atoms with Gasteiger partial charge in [-0.2, -0.15) is 0 Å². The molecule has 3 aromatic carbocycles. The molecule has 34 heavy (non-hydrogen) atoms. The van der Waals surface area contributed by atoms with Gasteiger partial charge in [-0.05, 0) is 41.3 Å². The number of allylic oxidation sites excluding steroid dienone is 2. The molecule has 1 heterocycles. The lowest BCUT2D eigenvalue weighted by Gasteiger charge is -2.28. The van der Waals surface area contributed by atoms with Crippen LogP contribution in [0.5, 0.6) is 0 Å². The lowest BCUT2D eigenvalue weighted by atomic mass is 9.85. The molecule has 1 saturated carbocycles. The van der Waals surface area contributed by atoms with Crippen LogP contribution in [0.25, 0.3) is 10.8 Å². The van der Waals surface area contributed by atoms with Gasteiger partial charge in [0.1, 0.15) is 0 Å². The van der Waals surface area contributed by atoms with E-state index in [4.69, 9.17) is 11.6 Å². The minimum absolute atomic E-state index is 0.0629. The highest BCUT2D eigenvalue weighted by atomic mass is 35.5. The van der Waals surface area contributed by atoms with Crippen LogP contribution in [-0.2, 0) is 14.4 Å². The molecule has 3 aromatic rings. The van der Waals surface area contributed by atoms with E-state index >= 15 is 0 Å². The lowest BCUT2D eigenvalue weighted by Crippen LogP contribution is -2.38. The molecule has 0 radical (unpaired) electrons. The highest BCUT2D eigenvalue weighted by molar-refractivity contribution is 6.31. The number of carbonyl (C=O) groups is 3. The third-order valence-electron chi connectivity index (χ3n) is 7.52. The second-order valence-corrected chi connectivity index (χ2v) is 9.77. The molecule has 170 valence electrons. The summed E-state index contributed by atoms with van der Waals surface area (Å²) in [4.78, 5) is 41.7. The van der Waals surface area contributed by atoms with Crippen molar-refractivity contribution >= 4 is 45.8 Å². The maximum absolute atomic E-state index is 13.5. The maximum Gasteiger partial charge on any atom is 0.234 e. The van der Waals surface area contributed by atoms with Crippen LogP contribution >= 0.6 is 11.6 Å². The number of anilines is 1. The molecule has 2 fully saturated rings. The minimum atomic E-state index is -0.756. The quantitative estimate of drug-likeness (QED) is 0.402. The number of halogens is 1. The van der Waals surface area contributed by atoms with Crippen molar-refractivity contribution in [2.75, 3.05) is 5.32 Å². The van der Waals surface area contributed by atoms with Crippen LogP contribution in [0.3, 0.4) is 0 Å². The van der Waals surface area contributed by atoms with Crippen molar-refractivity contribution in [3.05, 3.63) is 89.5 Å². The van der Waals surface area contributed by atoms with Crippen LogP contribution in [0, 0.1) is 23.7 Å². The van der Waals surface area contributed by atoms with Gasteiger partial charge in [0.2, 0.25) is 17.7 Å². The van der Waals surface area contributed by atoms with Crippen LogP contribution in [0.15, 0.2) is 78.9 Å². The van der Waals surface area contributed by atoms with E-state index in [-0.39, 0.29) is 47.8 Å². The van der Waals surface area contributed by atoms with Crippen molar-refractivity contribution in [1.29, 1.82) is 0 Å². The zero-order chi connectivity index (χ0) is 23.4. The molecule has 5 unspecified atom stereocenters. The first kappa shape index (κ1) is 21.1. The van der Waals surface area contributed by atoms with Crippen LogP contribution in [0.2, 0.25) is 5.02 Å². The van der Waals surface area contributed by atoms with Gasteiger partial charge < -0.3 is 5.32 Å². The minimum Gasteiger partial charge on any atom is -0.325 e. The third kappa shape index (κ3) is 3.26. The van der Waals surface area contributed by atoms with Crippen LogP contribution in [0.4, 0.5) is 5.69 Å². The normalized spacial score (nSPS) is 25.7. The second-order valence-electron chi connectivity index (χ2n) is 9.36. The zero-order valence-electron chi connectivity index (χ0n) is 18.4. The Morgan fingerprint density at radius 1 is 0.912 bits per heavy atom. The average molecular weight is 471 g/mol. The van der Waals surface area contributed by atoms with Crippen LogP contribution in [0.1, 0.15) is 24.4 Å². The number of hydrogen-bond donors (Lipinski definition) is 1. The molecule has 3 aliphatic rings. The first-order valence-electron chi connectivity index (χ1n) is 11.6. The van der Waals surface area contributed by atoms with Crippen molar-refractivity contribution in [3.8, 4) is 0 Å². The Balaban J connectivity index is 1.33. The summed E-state index contributed by atoms with van der Waals surface area (Å²) in [6, 6.07) is 19.9. The molecule has 5 atom stereocenters. The number of rotatable bonds is 5. The van der Waals surface area contributed by atoms with Gasteiger partial charge >= 0.3 is 0 Å². The number of amides is 3. The number of fused-ring (bicyclic) bond motifs is 6. The Labute approximate surface area is 202 Å². The lowest BCUT2D eigenvalue weighted by molar-refractivity contribution is -0.144. The summed E-state index contributed by atoms with van der Waals surface area (Å²) in [6.45, 7) is 0. The SMILES string of the molecule is O=C(CC(c1ccccc1Cl)N1C(=O)C2C3C=CC(C3)C2C1=O)Nc1cccc2ccccc12. The second kappa shape index (κ2) is 8.10. The Morgan fingerprint density at radius 3 is 2.29 bits per heavy atom. The summed E-state index contributed by atoms with van der Waals surface area (Å²) in [6.07, 6.45) is 4.93. The van der Waals surface area contributed by atoms with Crippen molar-refractivity contribution in [2.45, 2.75) is 18.9 Å². The first-order valence-corrected chi connectivity index (χ1v) is 12.0. The smallest absolute Gasteiger partial charge is 0.234 e. The topological polar surface area (TPSA) is 66.5 Å². The summed E-state index contributed by atoms with van der Waals surface area (Å²) in [5.41, 5.74) is 1.30. The van der Waals surface area contributed by atoms with E-state index in [2.05, 4.69) is 17.5 Å². The molecule has 6 rings (SSSR count). The molecular weight excluding hydrogens is 448 g/mol. The van der Waals surface area contributed by atoms with Gasteiger partial charge in [-0.3, -0.25) is 19.3 Å². The fraction of sp³-hybridized carbons (Fsp3) is 0.250. The fourth-order valence-electron chi connectivity index (χ4n) is 6.03. The molecule has 5 nitrogen and oxygen atoms in total. The zero-order valence-corrected chi connectivity index (χ0v) is 19.1. The summed E-state index contributed by atoms with van der Waals surface area (Å²) in [5.74, 6) is -1.09. The van der Waals surface area contributed by atoms with Crippen molar-refractivity contribution in [3.63, 3.8) is 0 Å². The van der Waals surface area contributed by atoms with Crippen molar-refractivity contribution in [2.24, 2.45) is 23.7 Å². The van der Waals surface area contributed by atoms with Crippen molar-refractivity contribution < 1.29 is 14.4 Å². The molecule has 6 heteroatoms. The number of benzene rings is 3. The van der Waals surface area contributed by atoms with Gasteiger partial charge in [-0.1, -0.05) is 78.4 Å². The largest absolute Gasteiger partial charge is 0.325 e. The van der Waals surface area contributed by atoms with Gasteiger partial charge in [0, 0.05) is 16.1 Å². The molecule has 2 bridgehead atoms. The van der Waals surface area contributed by atoms with Gasteiger partial charge in [0.25, 0.3) is 0 Å². The van der Waals surface area contributed by atoms with E-state index < -0.39 is 6.04 Å². The van der Waals surface area contributed by atoms with E-state index in [1.807, 2.05) is 48.5 Å².